The normalized spacial score (nSPS) is 11.5. The van der Waals surface area contributed by atoms with Crippen LogP contribution in [-0.2, 0) is 6.54 Å². The van der Waals surface area contributed by atoms with Gasteiger partial charge in [-0.05, 0) is 5.56 Å². The number of benzene rings is 1. The monoisotopic (exact) mass is 275 g/mol. The summed E-state index contributed by atoms with van der Waals surface area (Å²) in [5, 5.41) is 18.2. The van der Waals surface area contributed by atoms with Crippen molar-refractivity contribution in [1.29, 1.82) is 0 Å². The fraction of sp³-hybridized carbons (Fsp3) is 0.308. The molecule has 0 amide bonds. The molecule has 100 valence electrons. The number of carboxylic acid groups (broad SMARTS) is 1. The minimum atomic E-state index is -1.81. The smallest absolute Gasteiger partial charge is 0.355 e. The van der Waals surface area contributed by atoms with Crippen molar-refractivity contribution in [2.75, 3.05) is 0 Å². The van der Waals surface area contributed by atoms with E-state index in [1.165, 1.54) is 4.68 Å². The fourth-order valence-corrected chi connectivity index (χ4v) is 3.19. The van der Waals surface area contributed by atoms with Crippen molar-refractivity contribution in [2.24, 2.45) is 0 Å². The summed E-state index contributed by atoms with van der Waals surface area (Å²) in [5.41, 5.74) is 1.24. The van der Waals surface area contributed by atoms with Crippen molar-refractivity contribution < 1.29 is 9.90 Å². The highest BCUT2D eigenvalue weighted by atomic mass is 28.3. The maximum Gasteiger partial charge on any atom is 0.355 e. The summed E-state index contributed by atoms with van der Waals surface area (Å²) in [7, 11) is -1.81. The number of rotatable bonds is 4. The Morgan fingerprint density at radius 2 is 1.89 bits per heavy atom. The lowest BCUT2D eigenvalue weighted by Gasteiger charge is -2.13. The van der Waals surface area contributed by atoms with E-state index >= 15 is 0 Å². The zero-order valence-electron chi connectivity index (χ0n) is 11.3. The molecule has 5 nitrogen and oxygen atoms in total. The summed E-state index contributed by atoms with van der Waals surface area (Å²) >= 11 is 0. The third-order valence-corrected chi connectivity index (χ3v) is 4.58. The number of carboxylic acids is 1. The number of carbonyl (C=O) groups is 1. The van der Waals surface area contributed by atoms with E-state index in [9.17, 15) is 9.90 Å². The Bertz CT molecular complexity index is 588. The van der Waals surface area contributed by atoms with Gasteiger partial charge >= 0.3 is 5.97 Å². The van der Waals surface area contributed by atoms with Crippen LogP contribution in [0.2, 0.25) is 19.6 Å². The first-order valence-electron chi connectivity index (χ1n) is 6.11. The van der Waals surface area contributed by atoms with Crippen LogP contribution in [0.5, 0.6) is 0 Å². The summed E-state index contributed by atoms with van der Waals surface area (Å²) in [6.07, 6.45) is 0. The molecule has 2 aromatic rings. The second-order valence-corrected chi connectivity index (χ2v) is 10.5. The van der Waals surface area contributed by atoms with Gasteiger partial charge in [0.25, 0.3) is 0 Å². The summed E-state index contributed by atoms with van der Waals surface area (Å²) in [6, 6.07) is 9.66. The molecule has 0 unspecified atom stereocenters. The molecule has 0 aliphatic heterocycles. The average molecular weight is 275 g/mol. The molecule has 0 aliphatic rings. The molecule has 0 fully saturated rings. The Kier molecular flexibility index (Phi) is 3.52. The van der Waals surface area contributed by atoms with Gasteiger partial charge in [0.2, 0.25) is 0 Å². The van der Waals surface area contributed by atoms with Crippen LogP contribution in [0.1, 0.15) is 16.1 Å². The maximum absolute atomic E-state index is 11.5. The summed E-state index contributed by atoms with van der Waals surface area (Å²) < 4.78 is 1.48. The van der Waals surface area contributed by atoms with Crippen molar-refractivity contribution in [2.45, 2.75) is 26.2 Å². The van der Waals surface area contributed by atoms with Gasteiger partial charge in [0.1, 0.15) is 8.07 Å². The van der Waals surface area contributed by atoms with Crippen LogP contribution in [-0.4, -0.2) is 34.1 Å². The largest absolute Gasteiger partial charge is 0.476 e. The van der Waals surface area contributed by atoms with Gasteiger partial charge in [0.15, 0.2) is 5.69 Å². The van der Waals surface area contributed by atoms with Gasteiger partial charge in [-0.2, -0.15) is 0 Å². The Morgan fingerprint density at radius 3 is 2.42 bits per heavy atom. The highest BCUT2D eigenvalue weighted by Gasteiger charge is 2.30. The molecular formula is C13H17N3O2Si. The van der Waals surface area contributed by atoms with Gasteiger partial charge < -0.3 is 5.11 Å². The van der Waals surface area contributed by atoms with Crippen molar-refractivity contribution >= 4 is 19.4 Å². The zero-order chi connectivity index (χ0) is 14.0. The lowest BCUT2D eigenvalue weighted by Crippen LogP contribution is -2.42. The lowest BCUT2D eigenvalue weighted by atomic mass is 10.2. The van der Waals surface area contributed by atoms with Gasteiger partial charge in [-0.3, -0.25) is 0 Å². The zero-order valence-corrected chi connectivity index (χ0v) is 12.3. The average Bonchev–Trinajstić information content (AvgIpc) is 2.74. The van der Waals surface area contributed by atoms with Gasteiger partial charge in [0, 0.05) is 0 Å². The molecule has 0 aliphatic carbocycles. The van der Waals surface area contributed by atoms with E-state index in [0.717, 1.165) is 5.56 Å². The standard InChI is InChI=1S/C13H17N3O2Si/c1-19(2,3)12-11(13(17)18)16(15-14-12)9-10-7-5-4-6-8-10/h4-8H,9H2,1-3H3,(H,17,18). The van der Waals surface area contributed by atoms with Crippen LogP contribution >= 0.6 is 0 Å². The first-order chi connectivity index (χ1) is 8.89. The second-order valence-electron chi connectivity index (χ2n) is 5.49. The third kappa shape index (κ3) is 2.90. The molecule has 1 aromatic carbocycles. The van der Waals surface area contributed by atoms with Gasteiger partial charge in [-0.25, -0.2) is 9.48 Å². The van der Waals surface area contributed by atoms with E-state index in [0.29, 0.717) is 11.9 Å². The SMILES string of the molecule is C[Si](C)(C)c1nnn(Cc2ccccc2)c1C(=O)O. The number of hydrogen-bond acceptors (Lipinski definition) is 3. The van der Waals surface area contributed by atoms with Gasteiger partial charge in [0.05, 0.1) is 11.9 Å². The number of nitrogens with zero attached hydrogens (tertiary/aromatic N) is 3. The molecule has 1 N–H and O–H groups in total. The lowest BCUT2D eigenvalue weighted by molar-refractivity contribution is 0.0685. The van der Waals surface area contributed by atoms with Crippen LogP contribution in [0, 0.1) is 0 Å². The molecule has 0 saturated heterocycles. The Morgan fingerprint density at radius 1 is 1.26 bits per heavy atom. The molecule has 1 aromatic heterocycles. The van der Waals surface area contributed by atoms with E-state index in [4.69, 9.17) is 0 Å². The van der Waals surface area contributed by atoms with E-state index in [1.807, 2.05) is 30.3 Å². The van der Waals surface area contributed by atoms with Crippen molar-refractivity contribution in [3.8, 4) is 0 Å². The van der Waals surface area contributed by atoms with Crippen molar-refractivity contribution in [3.05, 3.63) is 41.6 Å². The second kappa shape index (κ2) is 4.97. The predicted molar refractivity (Wildman–Crippen MR) is 75.5 cm³/mol. The maximum atomic E-state index is 11.5. The minimum absolute atomic E-state index is 0.225. The molecule has 6 heteroatoms. The highest BCUT2D eigenvalue weighted by Crippen LogP contribution is 2.08. The van der Waals surface area contributed by atoms with Crippen molar-refractivity contribution in [1.82, 2.24) is 15.0 Å². The van der Waals surface area contributed by atoms with E-state index < -0.39 is 14.0 Å². The van der Waals surface area contributed by atoms with E-state index in [2.05, 4.69) is 30.0 Å². The van der Waals surface area contributed by atoms with Crippen molar-refractivity contribution in [3.63, 3.8) is 0 Å². The molecule has 0 radical (unpaired) electrons. The van der Waals surface area contributed by atoms with Gasteiger partial charge in [-0.15, -0.1) is 5.10 Å². The molecule has 1 heterocycles. The number of aromatic nitrogens is 3. The molecule has 0 spiro atoms. The summed E-state index contributed by atoms with van der Waals surface area (Å²) in [6.45, 7) is 6.63. The number of hydrogen-bond donors (Lipinski definition) is 1. The summed E-state index contributed by atoms with van der Waals surface area (Å²) in [5.74, 6) is -0.960. The third-order valence-electron chi connectivity index (χ3n) is 2.82. The Labute approximate surface area is 112 Å². The Hall–Kier alpha value is -1.95. The molecule has 2 rings (SSSR count). The van der Waals surface area contributed by atoms with Crippen LogP contribution < -0.4 is 5.32 Å². The topological polar surface area (TPSA) is 68.0 Å². The molecular weight excluding hydrogens is 258 g/mol. The molecule has 0 bridgehead atoms. The highest BCUT2D eigenvalue weighted by molar-refractivity contribution is 6.88. The van der Waals surface area contributed by atoms with Crippen LogP contribution in [0.15, 0.2) is 30.3 Å². The Balaban J connectivity index is 2.42. The van der Waals surface area contributed by atoms with Crippen LogP contribution in [0.4, 0.5) is 0 Å². The first kappa shape index (κ1) is 13.5. The molecule has 0 saturated carbocycles. The predicted octanol–water partition coefficient (Wildman–Crippen LogP) is 1.57. The van der Waals surface area contributed by atoms with Crippen LogP contribution in [0.3, 0.4) is 0 Å². The fourth-order valence-electron chi connectivity index (χ4n) is 1.90. The van der Waals surface area contributed by atoms with Crippen LogP contribution in [0.25, 0.3) is 0 Å². The molecule has 19 heavy (non-hydrogen) atoms. The first-order valence-corrected chi connectivity index (χ1v) is 9.61. The van der Waals surface area contributed by atoms with E-state index in [-0.39, 0.29) is 5.69 Å². The quantitative estimate of drug-likeness (QED) is 0.860. The van der Waals surface area contributed by atoms with E-state index in [1.54, 1.807) is 0 Å². The molecule has 0 atom stereocenters. The summed E-state index contributed by atoms with van der Waals surface area (Å²) in [4.78, 5) is 11.5. The minimum Gasteiger partial charge on any atom is -0.476 e. The van der Waals surface area contributed by atoms with Gasteiger partial charge in [-0.1, -0.05) is 55.2 Å². The number of aromatic carboxylic acids is 1.